The summed E-state index contributed by atoms with van der Waals surface area (Å²) in [5.74, 6) is 0.832. The van der Waals surface area contributed by atoms with Crippen LogP contribution in [0.1, 0.15) is 6.92 Å². The molecule has 0 saturated heterocycles. The third kappa shape index (κ3) is 1.66. The SMILES string of the molecule is CCNc1nsnc1-c1cccc2nccn12. The average Bonchev–Trinajstić information content (AvgIpc) is 2.96. The summed E-state index contributed by atoms with van der Waals surface area (Å²) < 4.78 is 10.6. The quantitative estimate of drug-likeness (QED) is 0.769. The van der Waals surface area contributed by atoms with Gasteiger partial charge in [0.05, 0.1) is 17.4 Å². The van der Waals surface area contributed by atoms with Crippen LogP contribution in [0.25, 0.3) is 17.0 Å². The Labute approximate surface area is 102 Å². The van der Waals surface area contributed by atoms with Crippen molar-refractivity contribution in [3.63, 3.8) is 0 Å². The summed E-state index contributed by atoms with van der Waals surface area (Å²) in [4.78, 5) is 4.26. The Morgan fingerprint density at radius 1 is 1.35 bits per heavy atom. The summed E-state index contributed by atoms with van der Waals surface area (Å²) in [7, 11) is 0. The first-order valence-corrected chi connectivity index (χ1v) is 6.12. The molecule has 0 aliphatic heterocycles. The maximum Gasteiger partial charge on any atom is 0.169 e. The zero-order chi connectivity index (χ0) is 11.7. The summed E-state index contributed by atoms with van der Waals surface area (Å²) in [6.45, 7) is 2.87. The van der Waals surface area contributed by atoms with E-state index < -0.39 is 0 Å². The van der Waals surface area contributed by atoms with Crippen LogP contribution in [0.2, 0.25) is 0 Å². The van der Waals surface area contributed by atoms with Gasteiger partial charge >= 0.3 is 0 Å². The minimum atomic E-state index is 0.832. The molecule has 3 aromatic rings. The molecule has 0 aliphatic carbocycles. The van der Waals surface area contributed by atoms with Crippen molar-refractivity contribution in [2.75, 3.05) is 11.9 Å². The monoisotopic (exact) mass is 245 g/mol. The number of hydrogen-bond donors (Lipinski definition) is 1. The van der Waals surface area contributed by atoms with Crippen molar-refractivity contribution in [2.45, 2.75) is 6.92 Å². The number of fused-ring (bicyclic) bond motifs is 1. The molecule has 0 aliphatic rings. The molecule has 86 valence electrons. The van der Waals surface area contributed by atoms with Crippen molar-refractivity contribution in [2.24, 2.45) is 0 Å². The Kier molecular flexibility index (Phi) is 2.49. The van der Waals surface area contributed by atoms with Gasteiger partial charge in [-0.15, -0.1) is 0 Å². The summed E-state index contributed by atoms with van der Waals surface area (Å²) in [5.41, 5.74) is 2.79. The lowest BCUT2D eigenvalue weighted by atomic mass is 10.2. The van der Waals surface area contributed by atoms with E-state index in [1.807, 2.05) is 35.7 Å². The van der Waals surface area contributed by atoms with Crippen molar-refractivity contribution in [1.82, 2.24) is 18.1 Å². The second-order valence-electron chi connectivity index (χ2n) is 3.56. The summed E-state index contributed by atoms with van der Waals surface area (Å²) >= 11 is 1.22. The molecule has 17 heavy (non-hydrogen) atoms. The van der Waals surface area contributed by atoms with Crippen LogP contribution in [0.4, 0.5) is 5.82 Å². The van der Waals surface area contributed by atoms with Crippen molar-refractivity contribution in [3.05, 3.63) is 30.6 Å². The fourth-order valence-electron chi connectivity index (χ4n) is 1.78. The van der Waals surface area contributed by atoms with E-state index in [4.69, 9.17) is 0 Å². The van der Waals surface area contributed by atoms with Crippen LogP contribution in [0.5, 0.6) is 0 Å². The van der Waals surface area contributed by atoms with Gasteiger partial charge in [0.1, 0.15) is 11.3 Å². The molecule has 0 fully saturated rings. The first kappa shape index (κ1) is 10.2. The van der Waals surface area contributed by atoms with Crippen LogP contribution >= 0.6 is 11.7 Å². The van der Waals surface area contributed by atoms with Gasteiger partial charge in [0.15, 0.2) is 5.82 Å². The van der Waals surface area contributed by atoms with Gasteiger partial charge < -0.3 is 5.32 Å². The highest BCUT2D eigenvalue weighted by Gasteiger charge is 2.12. The highest BCUT2D eigenvalue weighted by atomic mass is 32.1. The number of nitrogens with one attached hydrogen (secondary N) is 1. The normalized spacial score (nSPS) is 10.9. The van der Waals surface area contributed by atoms with Crippen molar-refractivity contribution in [3.8, 4) is 11.4 Å². The lowest BCUT2D eigenvalue weighted by molar-refractivity contribution is 1.16. The van der Waals surface area contributed by atoms with Crippen LogP contribution < -0.4 is 5.32 Å². The number of hydrogen-bond acceptors (Lipinski definition) is 5. The molecule has 1 N–H and O–H groups in total. The Balaban J connectivity index is 2.20. The zero-order valence-electron chi connectivity index (χ0n) is 9.29. The molecule has 3 rings (SSSR count). The number of nitrogens with zero attached hydrogens (tertiary/aromatic N) is 4. The molecular formula is C11H11N5S. The predicted octanol–water partition coefficient (Wildman–Crippen LogP) is 2.28. The predicted molar refractivity (Wildman–Crippen MR) is 68.3 cm³/mol. The largest absolute Gasteiger partial charge is 0.368 e. The third-order valence-electron chi connectivity index (χ3n) is 2.50. The van der Waals surface area contributed by atoms with E-state index in [1.165, 1.54) is 11.7 Å². The average molecular weight is 245 g/mol. The Bertz CT molecular complexity index is 642. The van der Waals surface area contributed by atoms with E-state index in [9.17, 15) is 0 Å². The lowest BCUT2D eigenvalue weighted by Crippen LogP contribution is -2.00. The molecule has 0 atom stereocenters. The van der Waals surface area contributed by atoms with Gasteiger partial charge in [0.2, 0.25) is 0 Å². The molecule has 0 radical (unpaired) electrons. The Morgan fingerprint density at radius 2 is 2.29 bits per heavy atom. The highest BCUT2D eigenvalue weighted by Crippen LogP contribution is 2.26. The minimum Gasteiger partial charge on any atom is -0.368 e. The van der Waals surface area contributed by atoms with E-state index in [0.717, 1.165) is 29.4 Å². The second-order valence-corrected chi connectivity index (χ2v) is 4.09. The summed E-state index contributed by atoms with van der Waals surface area (Å²) in [6.07, 6.45) is 3.71. The van der Waals surface area contributed by atoms with Crippen LogP contribution in [-0.4, -0.2) is 24.7 Å². The van der Waals surface area contributed by atoms with E-state index in [1.54, 1.807) is 6.20 Å². The van der Waals surface area contributed by atoms with Gasteiger partial charge in [-0.25, -0.2) is 4.98 Å². The topological polar surface area (TPSA) is 55.1 Å². The first-order chi connectivity index (χ1) is 8.40. The van der Waals surface area contributed by atoms with Gasteiger partial charge in [0.25, 0.3) is 0 Å². The number of imidazole rings is 1. The number of aromatic nitrogens is 4. The Hall–Kier alpha value is -1.95. The first-order valence-electron chi connectivity index (χ1n) is 5.39. The van der Waals surface area contributed by atoms with Gasteiger partial charge in [-0.05, 0) is 19.1 Å². The number of anilines is 1. The van der Waals surface area contributed by atoms with Gasteiger partial charge in [-0.2, -0.15) is 8.75 Å². The summed E-state index contributed by atoms with van der Waals surface area (Å²) in [6, 6.07) is 5.97. The molecule has 3 heterocycles. The van der Waals surface area contributed by atoms with E-state index in [2.05, 4.69) is 19.0 Å². The van der Waals surface area contributed by atoms with Crippen LogP contribution in [0.15, 0.2) is 30.6 Å². The van der Waals surface area contributed by atoms with Gasteiger partial charge in [-0.3, -0.25) is 4.40 Å². The van der Waals surface area contributed by atoms with Crippen molar-refractivity contribution < 1.29 is 0 Å². The molecule has 0 amide bonds. The molecule has 0 spiro atoms. The third-order valence-corrected chi connectivity index (χ3v) is 3.03. The standard InChI is InChI=1S/C11H11N5S/c1-2-12-11-10(14-17-15-11)8-4-3-5-9-13-6-7-16(8)9/h3-7H,2H2,1H3,(H,12,15). The molecule has 0 aromatic carbocycles. The molecule has 3 aromatic heterocycles. The maximum absolute atomic E-state index is 4.35. The Morgan fingerprint density at radius 3 is 3.18 bits per heavy atom. The zero-order valence-corrected chi connectivity index (χ0v) is 10.1. The fraction of sp³-hybridized carbons (Fsp3) is 0.182. The smallest absolute Gasteiger partial charge is 0.169 e. The molecule has 0 unspecified atom stereocenters. The lowest BCUT2D eigenvalue weighted by Gasteiger charge is -2.04. The van der Waals surface area contributed by atoms with Crippen LogP contribution in [0, 0.1) is 0 Å². The van der Waals surface area contributed by atoms with Crippen LogP contribution in [-0.2, 0) is 0 Å². The number of rotatable bonds is 3. The molecule has 5 nitrogen and oxygen atoms in total. The van der Waals surface area contributed by atoms with E-state index in [0.29, 0.717) is 0 Å². The molecule has 0 bridgehead atoms. The maximum atomic E-state index is 4.35. The number of pyridine rings is 1. The minimum absolute atomic E-state index is 0.832. The van der Waals surface area contributed by atoms with Gasteiger partial charge in [-0.1, -0.05) is 6.07 Å². The summed E-state index contributed by atoms with van der Waals surface area (Å²) in [5, 5.41) is 3.21. The highest BCUT2D eigenvalue weighted by molar-refractivity contribution is 6.99. The van der Waals surface area contributed by atoms with Gasteiger partial charge in [0, 0.05) is 18.9 Å². The van der Waals surface area contributed by atoms with E-state index >= 15 is 0 Å². The fourth-order valence-corrected chi connectivity index (χ4v) is 2.32. The molecule has 6 heteroatoms. The molecular weight excluding hydrogens is 234 g/mol. The van der Waals surface area contributed by atoms with Crippen molar-refractivity contribution >= 4 is 23.2 Å². The van der Waals surface area contributed by atoms with E-state index in [-0.39, 0.29) is 0 Å². The van der Waals surface area contributed by atoms with Crippen LogP contribution in [0.3, 0.4) is 0 Å². The molecule has 0 saturated carbocycles. The second kappa shape index (κ2) is 4.14. The van der Waals surface area contributed by atoms with Crippen molar-refractivity contribution in [1.29, 1.82) is 0 Å².